The molecule has 0 bridgehead atoms. The van der Waals surface area contributed by atoms with Crippen molar-refractivity contribution in [3.8, 4) is 0 Å². The molecule has 1 rings (SSSR count). The standard InChI is InChI=1S/C16H27NO/c1-12(2)5-4-6-13(3)9-14-7-8-15(10-14)11-16(17)18/h10-13H,4-9H2,1-3H3,(H2,17,18)/b15-11+. The topological polar surface area (TPSA) is 43.1 Å². The number of hydrogen-bond acceptors (Lipinski definition) is 1. The van der Waals surface area contributed by atoms with Crippen molar-refractivity contribution in [2.75, 3.05) is 0 Å². The number of carbonyl (C=O) groups excluding carboxylic acids is 1. The first kappa shape index (κ1) is 15.0. The maximum absolute atomic E-state index is 10.8. The van der Waals surface area contributed by atoms with Crippen LogP contribution < -0.4 is 5.73 Å². The molecule has 1 aliphatic rings. The van der Waals surface area contributed by atoms with E-state index in [1.165, 1.54) is 31.3 Å². The minimum atomic E-state index is -0.326. The van der Waals surface area contributed by atoms with Crippen molar-refractivity contribution in [3.63, 3.8) is 0 Å². The third-order valence-electron chi connectivity index (χ3n) is 3.54. The van der Waals surface area contributed by atoms with Crippen molar-refractivity contribution in [2.45, 2.75) is 59.3 Å². The molecule has 2 N–H and O–H groups in total. The first-order valence-corrected chi connectivity index (χ1v) is 7.16. The van der Waals surface area contributed by atoms with Crippen molar-refractivity contribution in [2.24, 2.45) is 17.6 Å². The van der Waals surface area contributed by atoms with Crippen LogP contribution in [0, 0.1) is 11.8 Å². The van der Waals surface area contributed by atoms with Gasteiger partial charge in [0, 0.05) is 6.08 Å². The Morgan fingerprint density at radius 1 is 1.33 bits per heavy atom. The van der Waals surface area contributed by atoms with Gasteiger partial charge < -0.3 is 5.73 Å². The summed E-state index contributed by atoms with van der Waals surface area (Å²) in [5.41, 5.74) is 7.76. The lowest BCUT2D eigenvalue weighted by atomic mass is 9.94. The smallest absolute Gasteiger partial charge is 0.241 e. The van der Waals surface area contributed by atoms with E-state index in [4.69, 9.17) is 5.73 Å². The molecule has 0 saturated carbocycles. The first-order valence-electron chi connectivity index (χ1n) is 7.16. The molecule has 2 nitrogen and oxygen atoms in total. The van der Waals surface area contributed by atoms with E-state index < -0.39 is 0 Å². The Labute approximate surface area is 111 Å². The lowest BCUT2D eigenvalue weighted by Gasteiger charge is -2.12. The number of amides is 1. The van der Waals surface area contributed by atoms with E-state index in [9.17, 15) is 4.79 Å². The van der Waals surface area contributed by atoms with Gasteiger partial charge in [0.1, 0.15) is 0 Å². The van der Waals surface area contributed by atoms with Crippen LogP contribution >= 0.6 is 0 Å². The quantitative estimate of drug-likeness (QED) is 0.682. The highest BCUT2D eigenvalue weighted by atomic mass is 16.1. The molecule has 2 heteroatoms. The summed E-state index contributed by atoms with van der Waals surface area (Å²) in [5, 5.41) is 0. The number of rotatable bonds is 7. The Balaban J connectivity index is 2.32. The van der Waals surface area contributed by atoms with Gasteiger partial charge in [-0.15, -0.1) is 0 Å². The van der Waals surface area contributed by atoms with Crippen LogP contribution in [0.3, 0.4) is 0 Å². The molecule has 0 radical (unpaired) electrons. The zero-order valence-electron chi connectivity index (χ0n) is 12.0. The predicted molar refractivity (Wildman–Crippen MR) is 77.1 cm³/mol. The number of hydrogen-bond donors (Lipinski definition) is 1. The average molecular weight is 249 g/mol. The van der Waals surface area contributed by atoms with Crippen LogP contribution in [-0.2, 0) is 4.79 Å². The first-order chi connectivity index (χ1) is 8.47. The van der Waals surface area contributed by atoms with Crippen LogP contribution in [0.2, 0.25) is 0 Å². The fourth-order valence-corrected chi connectivity index (χ4v) is 2.59. The highest BCUT2D eigenvalue weighted by Crippen LogP contribution is 2.29. The van der Waals surface area contributed by atoms with Crippen molar-refractivity contribution in [1.29, 1.82) is 0 Å². The zero-order valence-corrected chi connectivity index (χ0v) is 12.0. The minimum Gasteiger partial charge on any atom is -0.366 e. The van der Waals surface area contributed by atoms with Gasteiger partial charge in [-0.05, 0) is 36.7 Å². The lowest BCUT2D eigenvalue weighted by Crippen LogP contribution is -2.06. The van der Waals surface area contributed by atoms with Crippen molar-refractivity contribution in [3.05, 3.63) is 23.3 Å². The van der Waals surface area contributed by atoms with E-state index in [0.29, 0.717) is 0 Å². The van der Waals surface area contributed by atoms with Gasteiger partial charge in [0.15, 0.2) is 0 Å². The molecule has 18 heavy (non-hydrogen) atoms. The molecule has 1 aliphatic carbocycles. The SMILES string of the molecule is CC(C)CCCC(C)CC1=C/C(=C/C(N)=O)CC1. The van der Waals surface area contributed by atoms with Gasteiger partial charge >= 0.3 is 0 Å². The van der Waals surface area contributed by atoms with Crippen LogP contribution in [0.1, 0.15) is 59.3 Å². The second-order valence-corrected chi connectivity index (χ2v) is 6.06. The Hall–Kier alpha value is -1.05. The van der Waals surface area contributed by atoms with Gasteiger partial charge in [-0.3, -0.25) is 4.79 Å². The maximum atomic E-state index is 10.8. The van der Waals surface area contributed by atoms with E-state index in [0.717, 1.165) is 30.3 Å². The number of allylic oxidation sites excluding steroid dienone is 3. The molecule has 0 aliphatic heterocycles. The second kappa shape index (κ2) is 7.40. The van der Waals surface area contributed by atoms with Gasteiger partial charge in [-0.1, -0.05) is 51.7 Å². The summed E-state index contributed by atoms with van der Waals surface area (Å²) in [5.74, 6) is 1.24. The van der Waals surface area contributed by atoms with Crippen LogP contribution in [0.5, 0.6) is 0 Å². The van der Waals surface area contributed by atoms with Crippen LogP contribution in [-0.4, -0.2) is 5.91 Å². The molecular formula is C16H27NO. The Morgan fingerprint density at radius 3 is 2.67 bits per heavy atom. The normalized spacial score (nSPS) is 19.3. The molecule has 0 aromatic rings. The van der Waals surface area contributed by atoms with Crippen molar-refractivity contribution in [1.82, 2.24) is 0 Å². The zero-order chi connectivity index (χ0) is 13.5. The summed E-state index contributed by atoms with van der Waals surface area (Å²) in [4.78, 5) is 10.8. The number of nitrogens with two attached hydrogens (primary N) is 1. The van der Waals surface area contributed by atoms with Crippen molar-refractivity contribution >= 4 is 5.91 Å². The molecule has 102 valence electrons. The second-order valence-electron chi connectivity index (χ2n) is 6.06. The highest BCUT2D eigenvalue weighted by Gasteiger charge is 2.13. The van der Waals surface area contributed by atoms with E-state index in [1.54, 1.807) is 6.08 Å². The van der Waals surface area contributed by atoms with Gasteiger partial charge in [-0.25, -0.2) is 0 Å². The Bertz CT molecular complexity index is 339. The van der Waals surface area contributed by atoms with Gasteiger partial charge in [0.2, 0.25) is 5.91 Å². The maximum Gasteiger partial charge on any atom is 0.241 e. The minimum absolute atomic E-state index is 0.326. The van der Waals surface area contributed by atoms with Crippen LogP contribution in [0.15, 0.2) is 23.3 Å². The molecule has 0 saturated heterocycles. The largest absolute Gasteiger partial charge is 0.366 e. The summed E-state index contributed by atoms with van der Waals surface area (Å²) in [7, 11) is 0. The third-order valence-corrected chi connectivity index (χ3v) is 3.54. The fraction of sp³-hybridized carbons (Fsp3) is 0.688. The molecule has 1 unspecified atom stereocenters. The number of carbonyl (C=O) groups is 1. The van der Waals surface area contributed by atoms with Crippen molar-refractivity contribution < 1.29 is 4.79 Å². The Kier molecular flexibility index (Phi) is 6.17. The summed E-state index contributed by atoms with van der Waals surface area (Å²) in [6.45, 7) is 6.90. The van der Waals surface area contributed by atoms with E-state index in [2.05, 4.69) is 26.8 Å². The molecule has 0 fully saturated rings. The monoisotopic (exact) mass is 249 g/mol. The molecule has 1 amide bonds. The van der Waals surface area contributed by atoms with Gasteiger partial charge in [-0.2, -0.15) is 0 Å². The molecular weight excluding hydrogens is 222 g/mol. The highest BCUT2D eigenvalue weighted by molar-refractivity contribution is 5.87. The molecule has 0 spiro atoms. The van der Waals surface area contributed by atoms with E-state index in [1.807, 2.05) is 0 Å². The van der Waals surface area contributed by atoms with E-state index >= 15 is 0 Å². The van der Waals surface area contributed by atoms with Gasteiger partial charge in [0.25, 0.3) is 0 Å². The lowest BCUT2D eigenvalue weighted by molar-refractivity contribution is -0.113. The Morgan fingerprint density at radius 2 is 2.06 bits per heavy atom. The molecule has 0 heterocycles. The summed E-state index contributed by atoms with van der Waals surface area (Å²) in [6, 6.07) is 0. The molecule has 0 aromatic carbocycles. The van der Waals surface area contributed by atoms with Gasteiger partial charge in [0.05, 0.1) is 0 Å². The van der Waals surface area contributed by atoms with Crippen LogP contribution in [0.4, 0.5) is 0 Å². The average Bonchev–Trinajstić information content (AvgIpc) is 2.63. The summed E-state index contributed by atoms with van der Waals surface area (Å²) < 4.78 is 0. The summed E-state index contributed by atoms with van der Waals surface area (Å²) in [6.07, 6.45) is 11.0. The molecule has 0 aromatic heterocycles. The van der Waals surface area contributed by atoms with Crippen LogP contribution in [0.25, 0.3) is 0 Å². The fourth-order valence-electron chi connectivity index (χ4n) is 2.59. The van der Waals surface area contributed by atoms with E-state index in [-0.39, 0.29) is 5.91 Å². The number of primary amides is 1. The predicted octanol–water partition coefficient (Wildman–Crippen LogP) is 3.97. The molecule has 1 atom stereocenters. The third kappa shape index (κ3) is 6.04. The summed E-state index contributed by atoms with van der Waals surface area (Å²) >= 11 is 0.